The predicted molar refractivity (Wildman–Crippen MR) is 91.9 cm³/mol. The molecular weight excluding hydrogens is 326 g/mol. The monoisotopic (exact) mass is 347 g/mol. The molecule has 1 amide bonds. The highest BCUT2D eigenvalue weighted by Crippen LogP contribution is 2.24. The molecule has 0 radical (unpaired) electrons. The van der Waals surface area contributed by atoms with E-state index in [1.165, 1.54) is 22.9 Å². The fourth-order valence-electron chi connectivity index (χ4n) is 2.47. The van der Waals surface area contributed by atoms with Gasteiger partial charge in [-0.05, 0) is 49.9 Å². The largest absolute Gasteiger partial charge is 0.411 e. The molecule has 1 atom stereocenters. The van der Waals surface area contributed by atoms with E-state index in [0.29, 0.717) is 17.7 Å². The van der Waals surface area contributed by atoms with Crippen molar-refractivity contribution in [3.05, 3.63) is 29.3 Å². The Balaban J connectivity index is 1.50. The Morgan fingerprint density at radius 1 is 1.33 bits per heavy atom. The van der Waals surface area contributed by atoms with Crippen molar-refractivity contribution < 1.29 is 13.9 Å². The number of hydrogen-bond donors (Lipinski definition) is 1. The van der Waals surface area contributed by atoms with E-state index in [-0.39, 0.29) is 17.8 Å². The zero-order valence-electron chi connectivity index (χ0n) is 13.9. The fraction of sp³-hybridized carbons (Fsp3) is 0.471. The summed E-state index contributed by atoms with van der Waals surface area (Å²) in [6.07, 6.45) is 2.23. The SMILES string of the molecule is Cc1ccc(-c2nnc(SCC(=O)NCC3CCCO3)o2)cc1C. The molecule has 24 heavy (non-hydrogen) atoms. The molecule has 128 valence electrons. The Morgan fingerprint density at radius 2 is 2.21 bits per heavy atom. The smallest absolute Gasteiger partial charge is 0.277 e. The summed E-state index contributed by atoms with van der Waals surface area (Å²) in [5.74, 6) is 0.670. The van der Waals surface area contributed by atoms with Gasteiger partial charge in [-0.2, -0.15) is 0 Å². The average molecular weight is 347 g/mol. The first kappa shape index (κ1) is 17.0. The lowest BCUT2D eigenvalue weighted by Crippen LogP contribution is -2.32. The molecule has 2 heterocycles. The van der Waals surface area contributed by atoms with Crippen LogP contribution in [0.4, 0.5) is 0 Å². The Hall–Kier alpha value is -1.86. The third-order valence-electron chi connectivity index (χ3n) is 4.04. The molecule has 1 saturated heterocycles. The Kier molecular flexibility index (Phi) is 5.52. The molecule has 0 bridgehead atoms. The van der Waals surface area contributed by atoms with E-state index in [1.807, 2.05) is 25.1 Å². The highest BCUT2D eigenvalue weighted by Gasteiger charge is 2.17. The van der Waals surface area contributed by atoms with Crippen LogP contribution in [-0.4, -0.2) is 41.1 Å². The predicted octanol–water partition coefficient (Wildman–Crippen LogP) is 2.74. The second-order valence-electron chi connectivity index (χ2n) is 5.90. The van der Waals surface area contributed by atoms with Gasteiger partial charge in [0, 0.05) is 18.7 Å². The molecule has 1 fully saturated rings. The zero-order chi connectivity index (χ0) is 16.9. The summed E-state index contributed by atoms with van der Waals surface area (Å²) < 4.78 is 11.1. The molecule has 1 N–H and O–H groups in total. The van der Waals surface area contributed by atoms with Crippen LogP contribution < -0.4 is 5.32 Å². The maximum atomic E-state index is 11.9. The fourth-order valence-corrected chi connectivity index (χ4v) is 3.06. The second kappa shape index (κ2) is 7.81. The molecule has 0 spiro atoms. The lowest BCUT2D eigenvalue weighted by Gasteiger charge is -2.09. The number of carbonyl (C=O) groups is 1. The van der Waals surface area contributed by atoms with E-state index in [9.17, 15) is 4.79 Å². The van der Waals surface area contributed by atoms with Crippen LogP contribution in [0.2, 0.25) is 0 Å². The normalized spacial score (nSPS) is 17.2. The number of aromatic nitrogens is 2. The number of aryl methyl sites for hydroxylation is 2. The van der Waals surface area contributed by atoms with Gasteiger partial charge in [0.2, 0.25) is 11.8 Å². The number of amides is 1. The van der Waals surface area contributed by atoms with Gasteiger partial charge in [0.15, 0.2) is 0 Å². The molecule has 1 aromatic carbocycles. The first-order valence-electron chi connectivity index (χ1n) is 8.04. The van der Waals surface area contributed by atoms with Gasteiger partial charge >= 0.3 is 0 Å². The molecule has 3 rings (SSSR count). The summed E-state index contributed by atoms with van der Waals surface area (Å²) in [7, 11) is 0. The van der Waals surface area contributed by atoms with E-state index in [0.717, 1.165) is 25.0 Å². The summed E-state index contributed by atoms with van der Waals surface area (Å²) in [6, 6.07) is 6.00. The zero-order valence-corrected chi connectivity index (χ0v) is 14.7. The number of nitrogens with zero attached hydrogens (tertiary/aromatic N) is 2. The number of ether oxygens (including phenoxy) is 1. The molecule has 2 aromatic rings. The van der Waals surface area contributed by atoms with Crippen LogP contribution in [0.15, 0.2) is 27.8 Å². The summed E-state index contributed by atoms with van der Waals surface area (Å²) >= 11 is 1.24. The maximum Gasteiger partial charge on any atom is 0.277 e. The van der Waals surface area contributed by atoms with E-state index < -0.39 is 0 Å². The average Bonchev–Trinajstić information content (AvgIpc) is 3.25. The van der Waals surface area contributed by atoms with Crippen molar-refractivity contribution in [2.45, 2.75) is 38.0 Å². The lowest BCUT2D eigenvalue weighted by atomic mass is 10.1. The molecule has 7 heteroatoms. The molecule has 0 saturated carbocycles. The van der Waals surface area contributed by atoms with E-state index in [1.54, 1.807) is 0 Å². The number of benzene rings is 1. The first-order valence-corrected chi connectivity index (χ1v) is 9.02. The molecule has 1 unspecified atom stereocenters. The van der Waals surface area contributed by atoms with Crippen LogP contribution in [-0.2, 0) is 9.53 Å². The van der Waals surface area contributed by atoms with Crippen molar-refractivity contribution in [1.29, 1.82) is 0 Å². The first-order chi connectivity index (χ1) is 11.6. The molecule has 6 nitrogen and oxygen atoms in total. The number of carbonyl (C=O) groups excluding carboxylic acids is 1. The van der Waals surface area contributed by atoms with Crippen molar-refractivity contribution in [1.82, 2.24) is 15.5 Å². The van der Waals surface area contributed by atoms with Crippen LogP contribution in [0.25, 0.3) is 11.5 Å². The van der Waals surface area contributed by atoms with Gasteiger partial charge in [-0.15, -0.1) is 10.2 Å². The van der Waals surface area contributed by atoms with E-state index in [2.05, 4.69) is 22.4 Å². The Morgan fingerprint density at radius 3 is 2.96 bits per heavy atom. The molecular formula is C17H21N3O3S. The summed E-state index contributed by atoms with van der Waals surface area (Å²) in [6.45, 7) is 5.46. The van der Waals surface area contributed by atoms with Crippen LogP contribution in [0.3, 0.4) is 0 Å². The van der Waals surface area contributed by atoms with Gasteiger partial charge < -0.3 is 14.5 Å². The van der Waals surface area contributed by atoms with Crippen LogP contribution >= 0.6 is 11.8 Å². The second-order valence-corrected chi connectivity index (χ2v) is 6.83. The highest BCUT2D eigenvalue weighted by atomic mass is 32.2. The number of hydrogen-bond acceptors (Lipinski definition) is 6. The third-order valence-corrected chi connectivity index (χ3v) is 4.86. The van der Waals surface area contributed by atoms with Crippen molar-refractivity contribution in [3.8, 4) is 11.5 Å². The van der Waals surface area contributed by atoms with E-state index in [4.69, 9.17) is 9.15 Å². The van der Waals surface area contributed by atoms with Gasteiger partial charge in [0.05, 0.1) is 11.9 Å². The number of rotatable bonds is 6. The molecule has 1 aromatic heterocycles. The van der Waals surface area contributed by atoms with Crippen molar-refractivity contribution >= 4 is 17.7 Å². The highest BCUT2D eigenvalue weighted by molar-refractivity contribution is 7.99. The summed E-state index contributed by atoms with van der Waals surface area (Å²) in [5.41, 5.74) is 3.28. The Labute approximate surface area is 145 Å². The topological polar surface area (TPSA) is 77.2 Å². The van der Waals surface area contributed by atoms with Gasteiger partial charge in [-0.1, -0.05) is 17.8 Å². The van der Waals surface area contributed by atoms with Crippen molar-refractivity contribution in [2.75, 3.05) is 18.9 Å². The minimum absolute atomic E-state index is 0.0542. The molecule has 0 aliphatic carbocycles. The van der Waals surface area contributed by atoms with Crippen LogP contribution in [0.5, 0.6) is 0 Å². The third kappa shape index (κ3) is 4.36. The maximum absolute atomic E-state index is 11.9. The summed E-state index contributed by atoms with van der Waals surface area (Å²) in [4.78, 5) is 11.9. The lowest BCUT2D eigenvalue weighted by molar-refractivity contribution is -0.119. The molecule has 1 aliphatic rings. The van der Waals surface area contributed by atoms with Crippen LogP contribution in [0, 0.1) is 13.8 Å². The van der Waals surface area contributed by atoms with Gasteiger partial charge in [-0.3, -0.25) is 4.79 Å². The minimum atomic E-state index is -0.0542. The van der Waals surface area contributed by atoms with Crippen LogP contribution in [0.1, 0.15) is 24.0 Å². The number of thioether (sulfide) groups is 1. The Bertz CT molecular complexity index is 711. The summed E-state index contributed by atoms with van der Waals surface area (Å²) in [5, 5.41) is 11.3. The van der Waals surface area contributed by atoms with Gasteiger partial charge in [0.25, 0.3) is 5.22 Å². The van der Waals surface area contributed by atoms with Crippen molar-refractivity contribution in [2.24, 2.45) is 0 Å². The minimum Gasteiger partial charge on any atom is -0.411 e. The molecule has 1 aliphatic heterocycles. The number of nitrogens with one attached hydrogen (secondary N) is 1. The van der Waals surface area contributed by atoms with Crippen molar-refractivity contribution in [3.63, 3.8) is 0 Å². The van der Waals surface area contributed by atoms with E-state index >= 15 is 0 Å². The standard InChI is InChI=1S/C17H21N3O3S/c1-11-5-6-13(8-12(11)2)16-19-20-17(23-16)24-10-15(21)18-9-14-4-3-7-22-14/h5-6,8,14H,3-4,7,9-10H2,1-2H3,(H,18,21). The van der Waals surface area contributed by atoms with Gasteiger partial charge in [0.1, 0.15) is 0 Å². The van der Waals surface area contributed by atoms with Gasteiger partial charge in [-0.25, -0.2) is 0 Å². The quantitative estimate of drug-likeness (QED) is 0.810.